The van der Waals surface area contributed by atoms with Gasteiger partial charge in [-0.1, -0.05) is 29.8 Å². The number of aromatic nitrogens is 2. The van der Waals surface area contributed by atoms with Crippen LogP contribution < -0.4 is 10.2 Å². The Hall–Kier alpha value is -2.69. The van der Waals surface area contributed by atoms with Gasteiger partial charge in [-0.2, -0.15) is 0 Å². The second-order valence-corrected chi connectivity index (χ2v) is 6.44. The van der Waals surface area contributed by atoms with Crippen molar-refractivity contribution in [2.24, 2.45) is 0 Å². The molecule has 1 aromatic heterocycles. The highest BCUT2D eigenvalue weighted by molar-refractivity contribution is 5.92. The maximum Gasteiger partial charge on any atom is 0.270 e. The predicted molar refractivity (Wildman–Crippen MR) is 105 cm³/mol. The molecule has 1 aromatic carbocycles. The standard InChI is InChI=1S/C21H26N4O/c1-2-25(18-11-7-4-8-12-18)21-23-16-14-19(24-21)20(26)22-15-13-17-9-5-3-6-10-17/h4,7-9,11-12,14,16H,2-3,5-6,10,13,15H2,1H3,(H,22,26). The topological polar surface area (TPSA) is 58.1 Å². The lowest BCUT2D eigenvalue weighted by Gasteiger charge is -2.21. The molecular weight excluding hydrogens is 324 g/mol. The smallest absolute Gasteiger partial charge is 0.270 e. The van der Waals surface area contributed by atoms with Crippen molar-refractivity contribution in [3.05, 3.63) is 59.9 Å². The molecule has 0 saturated heterocycles. The van der Waals surface area contributed by atoms with Crippen LogP contribution in [0.5, 0.6) is 0 Å². The normalized spacial score (nSPS) is 13.8. The number of amides is 1. The van der Waals surface area contributed by atoms with E-state index in [-0.39, 0.29) is 5.91 Å². The summed E-state index contributed by atoms with van der Waals surface area (Å²) in [4.78, 5) is 23.3. The first kappa shape index (κ1) is 18.1. The van der Waals surface area contributed by atoms with Gasteiger partial charge in [0.15, 0.2) is 0 Å². The summed E-state index contributed by atoms with van der Waals surface area (Å²) < 4.78 is 0. The van der Waals surface area contributed by atoms with Crippen LogP contribution in [0.1, 0.15) is 49.5 Å². The van der Waals surface area contributed by atoms with E-state index in [1.807, 2.05) is 42.2 Å². The first-order valence-electron chi connectivity index (χ1n) is 9.39. The second-order valence-electron chi connectivity index (χ2n) is 6.44. The molecule has 1 heterocycles. The highest BCUT2D eigenvalue weighted by Crippen LogP contribution is 2.21. The third-order valence-electron chi connectivity index (χ3n) is 4.62. The summed E-state index contributed by atoms with van der Waals surface area (Å²) in [6.07, 6.45) is 9.77. The Morgan fingerprint density at radius 1 is 1.19 bits per heavy atom. The number of carbonyl (C=O) groups excluding carboxylic acids is 1. The lowest BCUT2D eigenvalue weighted by atomic mass is 9.97. The van der Waals surface area contributed by atoms with Crippen LogP contribution in [0.15, 0.2) is 54.2 Å². The van der Waals surface area contributed by atoms with Gasteiger partial charge in [0.2, 0.25) is 5.95 Å². The summed E-state index contributed by atoms with van der Waals surface area (Å²) >= 11 is 0. The summed E-state index contributed by atoms with van der Waals surface area (Å²) in [5.74, 6) is 0.399. The molecule has 26 heavy (non-hydrogen) atoms. The zero-order chi connectivity index (χ0) is 18.2. The molecule has 0 radical (unpaired) electrons. The van der Waals surface area contributed by atoms with Crippen LogP contribution in [0.3, 0.4) is 0 Å². The molecule has 0 saturated carbocycles. The largest absolute Gasteiger partial charge is 0.350 e. The molecule has 136 valence electrons. The van der Waals surface area contributed by atoms with Crippen LogP contribution in [0, 0.1) is 0 Å². The Labute approximate surface area is 155 Å². The van der Waals surface area contributed by atoms with Crippen LogP contribution >= 0.6 is 0 Å². The van der Waals surface area contributed by atoms with E-state index in [0.717, 1.165) is 25.1 Å². The quantitative estimate of drug-likeness (QED) is 0.758. The first-order chi connectivity index (χ1) is 12.8. The number of hydrogen-bond donors (Lipinski definition) is 1. The van der Waals surface area contributed by atoms with Gasteiger partial charge in [0.05, 0.1) is 0 Å². The van der Waals surface area contributed by atoms with E-state index >= 15 is 0 Å². The van der Waals surface area contributed by atoms with E-state index in [2.05, 4.69) is 21.4 Å². The number of hydrogen-bond acceptors (Lipinski definition) is 4. The average Bonchev–Trinajstić information content (AvgIpc) is 2.70. The molecule has 0 fully saturated rings. The number of carbonyl (C=O) groups is 1. The van der Waals surface area contributed by atoms with Crippen molar-refractivity contribution in [3.8, 4) is 0 Å². The van der Waals surface area contributed by atoms with Gasteiger partial charge in [-0.25, -0.2) is 9.97 Å². The van der Waals surface area contributed by atoms with Crippen molar-refractivity contribution < 1.29 is 4.79 Å². The molecule has 5 heteroatoms. The van der Waals surface area contributed by atoms with Gasteiger partial charge in [-0.15, -0.1) is 0 Å². The van der Waals surface area contributed by atoms with Crippen LogP contribution in [-0.4, -0.2) is 29.0 Å². The van der Waals surface area contributed by atoms with Gasteiger partial charge in [-0.3, -0.25) is 4.79 Å². The van der Waals surface area contributed by atoms with Crippen LogP contribution in [-0.2, 0) is 0 Å². The number of para-hydroxylation sites is 1. The molecule has 1 aliphatic carbocycles. The molecule has 3 rings (SSSR count). The molecule has 1 amide bonds. The Bertz CT molecular complexity index is 758. The Morgan fingerprint density at radius 3 is 2.77 bits per heavy atom. The summed E-state index contributed by atoms with van der Waals surface area (Å²) in [6.45, 7) is 3.42. The van der Waals surface area contributed by atoms with Gasteiger partial charge >= 0.3 is 0 Å². The molecule has 2 aromatic rings. The number of allylic oxidation sites excluding steroid dienone is 1. The van der Waals surface area contributed by atoms with Gasteiger partial charge in [0.1, 0.15) is 5.69 Å². The molecule has 0 atom stereocenters. The van der Waals surface area contributed by atoms with Crippen molar-refractivity contribution in [1.29, 1.82) is 0 Å². The molecule has 0 aliphatic heterocycles. The highest BCUT2D eigenvalue weighted by atomic mass is 16.1. The predicted octanol–water partition coefficient (Wildman–Crippen LogP) is 4.25. The lowest BCUT2D eigenvalue weighted by Crippen LogP contribution is -2.27. The molecule has 1 N–H and O–H groups in total. The van der Waals surface area contributed by atoms with E-state index in [1.165, 1.54) is 24.8 Å². The summed E-state index contributed by atoms with van der Waals surface area (Å²) in [6, 6.07) is 11.6. The van der Waals surface area contributed by atoms with Crippen LogP contribution in [0.2, 0.25) is 0 Å². The summed E-state index contributed by atoms with van der Waals surface area (Å²) in [5, 5.41) is 2.98. The van der Waals surface area contributed by atoms with E-state index in [9.17, 15) is 4.79 Å². The second kappa shape index (κ2) is 9.13. The maximum atomic E-state index is 12.4. The fourth-order valence-electron chi connectivity index (χ4n) is 3.21. The van der Waals surface area contributed by atoms with Gasteiger partial charge in [0, 0.05) is 25.0 Å². The number of nitrogens with zero attached hydrogens (tertiary/aromatic N) is 3. The fourth-order valence-corrected chi connectivity index (χ4v) is 3.21. The maximum absolute atomic E-state index is 12.4. The number of rotatable bonds is 7. The number of nitrogens with one attached hydrogen (secondary N) is 1. The monoisotopic (exact) mass is 350 g/mol. The summed E-state index contributed by atoms with van der Waals surface area (Å²) in [7, 11) is 0. The zero-order valence-corrected chi connectivity index (χ0v) is 15.3. The van der Waals surface area contributed by atoms with Crippen molar-refractivity contribution in [1.82, 2.24) is 15.3 Å². The Kier molecular flexibility index (Phi) is 6.36. The van der Waals surface area contributed by atoms with Crippen molar-refractivity contribution >= 4 is 17.5 Å². The molecule has 0 spiro atoms. The molecule has 0 unspecified atom stereocenters. The van der Waals surface area contributed by atoms with E-state index in [4.69, 9.17) is 0 Å². The van der Waals surface area contributed by atoms with E-state index < -0.39 is 0 Å². The van der Waals surface area contributed by atoms with Gasteiger partial charge in [0.25, 0.3) is 5.91 Å². The van der Waals surface area contributed by atoms with Gasteiger partial charge < -0.3 is 10.2 Å². The lowest BCUT2D eigenvalue weighted by molar-refractivity contribution is 0.0949. The zero-order valence-electron chi connectivity index (χ0n) is 15.3. The molecule has 5 nitrogen and oxygen atoms in total. The van der Waals surface area contributed by atoms with Crippen molar-refractivity contribution in [2.45, 2.75) is 39.0 Å². The highest BCUT2D eigenvalue weighted by Gasteiger charge is 2.14. The number of anilines is 2. The first-order valence-corrected chi connectivity index (χ1v) is 9.39. The van der Waals surface area contributed by atoms with Crippen LogP contribution in [0.4, 0.5) is 11.6 Å². The van der Waals surface area contributed by atoms with Crippen molar-refractivity contribution in [2.75, 3.05) is 18.0 Å². The van der Waals surface area contributed by atoms with Crippen LogP contribution in [0.25, 0.3) is 0 Å². The van der Waals surface area contributed by atoms with Crippen molar-refractivity contribution in [3.63, 3.8) is 0 Å². The third kappa shape index (κ3) is 4.69. The van der Waals surface area contributed by atoms with E-state index in [0.29, 0.717) is 18.2 Å². The minimum atomic E-state index is -0.144. The number of benzene rings is 1. The molecule has 1 aliphatic rings. The minimum absolute atomic E-state index is 0.144. The van der Waals surface area contributed by atoms with E-state index in [1.54, 1.807) is 12.3 Å². The molecular formula is C21H26N4O. The SMILES string of the molecule is CCN(c1ccccc1)c1nccc(C(=O)NCCC2=CCCCC2)n1. The average molecular weight is 350 g/mol. The molecule has 0 bridgehead atoms. The minimum Gasteiger partial charge on any atom is -0.350 e. The summed E-state index contributed by atoms with van der Waals surface area (Å²) in [5.41, 5.74) is 2.87. The Morgan fingerprint density at radius 2 is 2.04 bits per heavy atom. The Balaban J connectivity index is 1.64. The van der Waals surface area contributed by atoms with Gasteiger partial charge in [-0.05, 0) is 57.2 Å². The fraction of sp³-hybridized carbons (Fsp3) is 0.381. The third-order valence-corrected chi connectivity index (χ3v) is 4.62.